The molecule has 0 aliphatic heterocycles. The molecule has 0 radical (unpaired) electrons. The zero-order valence-corrected chi connectivity index (χ0v) is 2.65. The summed E-state index contributed by atoms with van der Waals surface area (Å²) in [6.07, 6.45) is 0. The van der Waals surface area contributed by atoms with Crippen molar-refractivity contribution in [3.8, 4) is 0 Å². The molecule has 0 unspecified atom stereocenters. The second-order valence-corrected chi connectivity index (χ2v) is 0.382. The first-order chi connectivity index (χ1) is 1.91. The van der Waals surface area contributed by atoms with Gasteiger partial charge in [-0.2, -0.15) is 0 Å². The molecule has 0 atom stereocenters. The zero-order chi connectivity index (χ0) is 3.41. The Labute approximate surface area is 33.0 Å². The van der Waals surface area contributed by atoms with Crippen molar-refractivity contribution in [1.82, 2.24) is 0 Å². The molecular weight excluding hydrogens is 62.1 g/mol. The molecule has 0 aromatic heterocycles. The molecule has 0 saturated heterocycles. The molecule has 0 aromatic rings. The Bertz CT molecular complexity index is 41.6. The smallest absolute Gasteiger partial charge is 0.0371 e. The number of hydrogen-bond donors (Lipinski definition) is 0. The first-order valence-electron chi connectivity index (χ1n) is 1.02. The largest absolute Gasteiger partial charge is 0.247 e. The highest BCUT2D eigenvalue weighted by atomic mass is 14.6. The average Bonchev–Trinajstić information content (AvgIpc) is 1.37. The molecule has 0 rings (SSSR count). The zero-order valence-electron chi connectivity index (χ0n) is 2.65. The third-order valence-corrected chi connectivity index (χ3v) is 0.158. The number of hydrogen-bond acceptors (Lipinski definition) is 1. The Balaban J connectivity index is 0. The second-order valence-electron chi connectivity index (χ2n) is 0.382. The molecule has 1 nitrogen and oxygen atoms in total. The van der Waals surface area contributed by atoms with E-state index in [4.69, 9.17) is 0 Å². The predicted molar refractivity (Wildman–Crippen MR) is 25.7 cm³/mol. The van der Waals surface area contributed by atoms with Gasteiger partial charge in [0.1, 0.15) is 0 Å². The van der Waals surface area contributed by atoms with Gasteiger partial charge in [-0.05, 0) is 12.4 Å². The van der Waals surface area contributed by atoms with Crippen molar-refractivity contribution in [2.75, 3.05) is 7.05 Å². The summed E-state index contributed by atoms with van der Waals surface area (Å²) >= 11 is 0. The second kappa shape index (κ2) is 9.85. The van der Waals surface area contributed by atoms with Crippen molar-refractivity contribution in [3.63, 3.8) is 0 Å². The number of rotatable bonds is 0. The predicted octanol–water partition coefficient (Wildman–Crippen LogP) is 1.11. The van der Waals surface area contributed by atoms with E-state index in [-0.39, 0.29) is 7.43 Å². The summed E-state index contributed by atoms with van der Waals surface area (Å²) in [6.45, 7) is 3.19. The summed E-state index contributed by atoms with van der Waals surface area (Å²) in [7, 11) is 1.63. The third kappa shape index (κ3) is 35.8. The molecule has 0 saturated carbocycles. The van der Waals surface area contributed by atoms with E-state index in [1.807, 2.05) is 0 Å². The van der Waals surface area contributed by atoms with Crippen LogP contribution in [0.15, 0.2) is 11.6 Å². The standard InChI is InChI=1S/C3H5N.CH4/c1-3-4-2;/h1H2,2H3;1H4. The summed E-state index contributed by atoms with van der Waals surface area (Å²) in [5.41, 5.74) is 0. The van der Waals surface area contributed by atoms with Gasteiger partial charge >= 0.3 is 0 Å². The molecule has 0 amide bonds. The Morgan fingerprint density at radius 1 is 1.80 bits per heavy atom. The van der Waals surface area contributed by atoms with Crippen molar-refractivity contribution in [1.29, 1.82) is 0 Å². The monoisotopic (exact) mass is 71.1 g/mol. The van der Waals surface area contributed by atoms with Crippen LogP contribution >= 0.6 is 0 Å². The van der Waals surface area contributed by atoms with Gasteiger partial charge in [-0.15, -0.1) is 0 Å². The van der Waals surface area contributed by atoms with Crippen LogP contribution in [-0.2, 0) is 0 Å². The number of aliphatic imine (C=N–C) groups is 1. The minimum atomic E-state index is 0. The topological polar surface area (TPSA) is 12.4 Å². The molecule has 0 aliphatic rings. The Hall–Kier alpha value is -0.550. The van der Waals surface area contributed by atoms with Crippen LogP contribution in [0.3, 0.4) is 0 Å². The van der Waals surface area contributed by atoms with Crippen molar-refractivity contribution in [3.05, 3.63) is 6.58 Å². The maximum atomic E-state index is 3.38. The lowest BCUT2D eigenvalue weighted by Crippen LogP contribution is -1.35. The fourth-order valence-corrected chi connectivity index (χ4v) is 0. The molecule has 0 spiro atoms. The van der Waals surface area contributed by atoms with Crippen LogP contribution in [0.2, 0.25) is 0 Å². The van der Waals surface area contributed by atoms with Gasteiger partial charge in [-0.3, -0.25) is 0 Å². The van der Waals surface area contributed by atoms with Gasteiger partial charge < -0.3 is 0 Å². The quantitative estimate of drug-likeness (QED) is 0.379. The van der Waals surface area contributed by atoms with E-state index < -0.39 is 0 Å². The highest BCUT2D eigenvalue weighted by Crippen LogP contribution is 1.29. The summed E-state index contributed by atoms with van der Waals surface area (Å²) < 4.78 is 0. The molecule has 0 N–H and O–H groups in total. The van der Waals surface area contributed by atoms with Crippen LogP contribution in [0.5, 0.6) is 0 Å². The van der Waals surface area contributed by atoms with E-state index in [0.717, 1.165) is 0 Å². The van der Waals surface area contributed by atoms with Crippen molar-refractivity contribution in [2.24, 2.45) is 4.99 Å². The van der Waals surface area contributed by atoms with E-state index in [9.17, 15) is 0 Å². The maximum Gasteiger partial charge on any atom is 0.0371 e. The van der Waals surface area contributed by atoms with Gasteiger partial charge in [0.2, 0.25) is 0 Å². The molecule has 5 heavy (non-hydrogen) atoms. The normalized spacial score (nSPS) is 3.40. The lowest BCUT2D eigenvalue weighted by Gasteiger charge is -1.42. The first kappa shape index (κ1) is 8.82. The molecule has 1 heteroatoms. The molecular formula is C4H9N. The molecule has 0 aromatic carbocycles. The van der Waals surface area contributed by atoms with Crippen LogP contribution < -0.4 is 0 Å². The fourth-order valence-electron chi connectivity index (χ4n) is 0. The van der Waals surface area contributed by atoms with Crippen molar-refractivity contribution in [2.45, 2.75) is 7.43 Å². The maximum absolute atomic E-state index is 3.38. The van der Waals surface area contributed by atoms with Crippen molar-refractivity contribution < 1.29 is 0 Å². The first-order valence-corrected chi connectivity index (χ1v) is 1.02. The van der Waals surface area contributed by atoms with Gasteiger partial charge in [0.05, 0.1) is 0 Å². The Morgan fingerprint density at radius 2 is 2.00 bits per heavy atom. The van der Waals surface area contributed by atoms with E-state index >= 15 is 0 Å². The highest BCUT2D eigenvalue weighted by molar-refractivity contribution is 5.45. The van der Waals surface area contributed by atoms with Crippen LogP contribution in [0, 0.1) is 0 Å². The summed E-state index contributed by atoms with van der Waals surface area (Å²) in [5.74, 6) is 2.31. The molecule has 0 fully saturated rings. The lowest BCUT2D eigenvalue weighted by molar-refractivity contribution is 1.49. The third-order valence-electron chi connectivity index (χ3n) is 0.158. The fraction of sp³-hybridized carbons (Fsp3) is 0.500. The molecule has 0 aliphatic carbocycles. The number of nitrogens with zero attached hydrogens (tertiary/aromatic N) is 1. The van der Waals surface area contributed by atoms with E-state index in [1.54, 1.807) is 7.05 Å². The van der Waals surface area contributed by atoms with Gasteiger partial charge in [0.15, 0.2) is 0 Å². The van der Waals surface area contributed by atoms with Crippen LogP contribution in [0.1, 0.15) is 7.43 Å². The van der Waals surface area contributed by atoms with Gasteiger partial charge in [-0.25, -0.2) is 4.99 Å². The lowest BCUT2D eigenvalue weighted by atomic mass is 11.1. The molecule has 0 bridgehead atoms. The van der Waals surface area contributed by atoms with Gasteiger partial charge in [0, 0.05) is 7.05 Å². The Kier molecular flexibility index (Phi) is 17.4. The minimum absolute atomic E-state index is 0. The minimum Gasteiger partial charge on any atom is -0.247 e. The van der Waals surface area contributed by atoms with Crippen molar-refractivity contribution >= 4 is 5.87 Å². The van der Waals surface area contributed by atoms with Crippen LogP contribution in [0.4, 0.5) is 0 Å². The summed E-state index contributed by atoms with van der Waals surface area (Å²) in [6, 6.07) is 0. The van der Waals surface area contributed by atoms with E-state index in [1.165, 1.54) is 0 Å². The summed E-state index contributed by atoms with van der Waals surface area (Å²) in [4.78, 5) is 3.38. The van der Waals surface area contributed by atoms with Gasteiger partial charge in [0.25, 0.3) is 0 Å². The average molecular weight is 71.1 g/mol. The highest BCUT2D eigenvalue weighted by Gasteiger charge is 1.21. The molecule has 30 valence electrons. The van der Waals surface area contributed by atoms with Crippen LogP contribution in [0.25, 0.3) is 0 Å². The van der Waals surface area contributed by atoms with E-state index in [2.05, 4.69) is 17.4 Å². The van der Waals surface area contributed by atoms with Gasteiger partial charge in [-0.1, -0.05) is 7.43 Å². The summed E-state index contributed by atoms with van der Waals surface area (Å²) in [5, 5.41) is 0. The van der Waals surface area contributed by atoms with E-state index in [0.29, 0.717) is 0 Å². The Morgan fingerprint density at radius 3 is 2.00 bits per heavy atom. The SMILES string of the molecule is C.C=C=NC. The van der Waals surface area contributed by atoms with Crippen LogP contribution in [-0.4, -0.2) is 12.9 Å². The molecule has 0 heterocycles.